The number of aryl methyl sites for hydroxylation is 1. The molecule has 0 amide bonds. The standard InChI is InChI=1S/C21H23N/c1-13-5-4-7-16-15(13)10-9-14-11-21-19(12-18(14)16)17-6-2-3-8-20(17)22-21/h2-3,6,8,11-13,15-16,22H,4-5,7,9-10H2,1H3/t13-,15-,16?/m0/s1. The van der Waals surface area contributed by atoms with E-state index in [2.05, 4.69) is 48.3 Å². The van der Waals surface area contributed by atoms with Crippen LogP contribution in [0.3, 0.4) is 0 Å². The predicted molar refractivity (Wildman–Crippen MR) is 93.4 cm³/mol. The summed E-state index contributed by atoms with van der Waals surface area (Å²) in [5.74, 6) is 2.64. The van der Waals surface area contributed by atoms with Crippen molar-refractivity contribution >= 4 is 21.8 Å². The molecule has 0 spiro atoms. The van der Waals surface area contributed by atoms with Crippen molar-refractivity contribution < 1.29 is 0 Å². The second kappa shape index (κ2) is 4.62. The summed E-state index contributed by atoms with van der Waals surface area (Å²) < 4.78 is 0. The van der Waals surface area contributed by atoms with E-state index in [0.717, 1.165) is 17.8 Å². The average molecular weight is 289 g/mol. The lowest BCUT2D eigenvalue weighted by Gasteiger charge is -2.41. The van der Waals surface area contributed by atoms with Crippen LogP contribution < -0.4 is 0 Å². The Bertz CT molecular complexity index is 857. The Kier molecular flexibility index (Phi) is 2.68. The number of aromatic amines is 1. The molecule has 0 bridgehead atoms. The maximum atomic E-state index is 3.61. The number of H-pyrrole nitrogens is 1. The zero-order valence-electron chi connectivity index (χ0n) is 13.2. The van der Waals surface area contributed by atoms with Crippen LogP contribution in [0.1, 0.15) is 49.7 Å². The molecule has 1 heteroatoms. The quantitative estimate of drug-likeness (QED) is 0.539. The molecule has 1 nitrogen and oxygen atoms in total. The van der Waals surface area contributed by atoms with E-state index in [1.807, 2.05) is 0 Å². The van der Waals surface area contributed by atoms with Crippen molar-refractivity contribution in [3.05, 3.63) is 47.5 Å². The Labute approximate surface area is 131 Å². The zero-order valence-corrected chi connectivity index (χ0v) is 13.2. The molecule has 1 aromatic heterocycles. The molecule has 3 atom stereocenters. The Morgan fingerprint density at radius 3 is 2.82 bits per heavy atom. The molecule has 1 fully saturated rings. The summed E-state index contributed by atoms with van der Waals surface area (Å²) in [6.07, 6.45) is 6.91. The molecule has 3 aromatic rings. The third kappa shape index (κ3) is 1.71. The number of fused-ring (bicyclic) bond motifs is 6. The molecule has 112 valence electrons. The molecule has 1 unspecified atom stereocenters. The molecule has 0 radical (unpaired) electrons. The third-order valence-electron chi connectivity index (χ3n) is 6.33. The van der Waals surface area contributed by atoms with Gasteiger partial charge in [0, 0.05) is 21.8 Å². The first-order valence-electron chi connectivity index (χ1n) is 8.84. The molecular formula is C21H23N. The van der Waals surface area contributed by atoms with Crippen LogP contribution in [0.4, 0.5) is 0 Å². The lowest BCUT2D eigenvalue weighted by Crippen LogP contribution is -2.29. The number of rotatable bonds is 0. The first-order chi connectivity index (χ1) is 10.8. The topological polar surface area (TPSA) is 15.8 Å². The summed E-state index contributed by atoms with van der Waals surface area (Å²) in [4.78, 5) is 3.61. The highest BCUT2D eigenvalue weighted by atomic mass is 14.7. The Morgan fingerprint density at radius 1 is 0.955 bits per heavy atom. The fraction of sp³-hybridized carbons (Fsp3) is 0.429. The highest BCUT2D eigenvalue weighted by Crippen LogP contribution is 2.48. The van der Waals surface area contributed by atoms with Gasteiger partial charge in [-0.2, -0.15) is 0 Å². The van der Waals surface area contributed by atoms with E-state index in [4.69, 9.17) is 0 Å². The molecule has 2 aliphatic rings. The summed E-state index contributed by atoms with van der Waals surface area (Å²) in [6.45, 7) is 2.48. The summed E-state index contributed by atoms with van der Waals surface area (Å²) in [6, 6.07) is 13.7. The van der Waals surface area contributed by atoms with Crippen molar-refractivity contribution in [3.8, 4) is 0 Å². The highest BCUT2D eigenvalue weighted by Gasteiger charge is 2.35. The van der Waals surface area contributed by atoms with Gasteiger partial charge in [0.15, 0.2) is 0 Å². The van der Waals surface area contributed by atoms with E-state index < -0.39 is 0 Å². The minimum absolute atomic E-state index is 0.811. The van der Waals surface area contributed by atoms with E-state index in [9.17, 15) is 0 Å². The van der Waals surface area contributed by atoms with E-state index in [-0.39, 0.29) is 0 Å². The Hall–Kier alpha value is -1.76. The van der Waals surface area contributed by atoms with Crippen molar-refractivity contribution in [3.63, 3.8) is 0 Å². The smallest absolute Gasteiger partial charge is 0.0467 e. The van der Waals surface area contributed by atoms with Crippen molar-refractivity contribution in [2.75, 3.05) is 0 Å². The van der Waals surface area contributed by atoms with Crippen molar-refractivity contribution in [2.45, 2.75) is 44.9 Å². The number of benzene rings is 2. The van der Waals surface area contributed by atoms with Crippen molar-refractivity contribution in [1.82, 2.24) is 4.98 Å². The second-order valence-corrected chi connectivity index (χ2v) is 7.48. The number of hydrogen-bond acceptors (Lipinski definition) is 0. The number of nitrogens with one attached hydrogen (secondary N) is 1. The lowest BCUT2D eigenvalue weighted by molar-refractivity contribution is 0.195. The number of aromatic nitrogens is 1. The van der Waals surface area contributed by atoms with Gasteiger partial charge >= 0.3 is 0 Å². The van der Waals surface area contributed by atoms with Crippen LogP contribution in [0.25, 0.3) is 21.8 Å². The van der Waals surface area contributed by atoms with Crippen LogP contribution in [0.5, 0.6) is 0 Å². The fourth-order valence-electron chi connectivity index (χ4n) is 5.20. The molecule has 1 saturated carbocycles. The van der Waals surface area contributed by atoms with E-state index in [1.165, 1.54) is 53.9 Å². The predicted octanol–water partition coefficient (Wildman–Crippen LogP) is 5.79. The summed E-state index contributed by atoms with van der Waals surface area (Å²) in [5, 5.41) is 2.81. The van der Waals surface area contributed by atoms with Crippen LogP contribution in [0.2, 0.25) is 0 Å². The Morgan fingerprint density at radius 2 is 1.86 bits per heavy atom. The molecule has 2 aliphatic carbocycles. The van der Waals surface area contributed by atoms with Gasteiger partial charge in [-0.3, -0.25) is 0 Å². The molecule has 2 aromatic carbocycles. The molecule has 1 N–H and O–H groups in total. The van der Waals surface area contributed by atoms with Gasteiger partial charge in [-0.05, 0) is 66.3 Å². The Balaban J connectivity index is 1.74. The molecule has 0 aliphatic heterocycles. The van der Waals surface area contributed by atoms with Crippen LogP contribution in [0, 0.1) is 11.8 Å². The summed E-state index contributed by atoms with van der Waals surface area (Å²) >= 11 is 0. The van der Waals surface area contributed by atoms with Gasteiger partial charge in [0.05, 0.1) is 0 Å². The normalized spacial score (nSPS) is 27.8. The van der Waals surface area contributed by atoms with E-state index in [0.29, 0.717) is 0 Å². The van der Waals surface area contributed by atoms with Crippen LogP contribution in [-0.2, 0) is 6.42 Å². The molecule has 22 heavy (non-hydrogen) atoms. The van der Waals surface area contributed by atoms with E-state index >= 15 is 0 Å². The van der Waals surface area contributed by atoms with Crippen LogP contribution in [-0.4, -0.2) is 4.98 Å². The molecule has 5 rings (SSSR count). The zero-order chi connectivity index (χ0) is 14.7. The van der Waals surface area contributed by atoms with Crippen molar-refractivity contribution in [2.24, 2.45) is 11.8 Å². The number of hydrogen-bond donors (Lipinski definition) is 1. The second-order valence-electron chi connectivity index (χ2n) is 7.48. The SMILES string of the molecule is C[C@H]1CCCC2c3cc4c(cc3CC[C@H]21)[nH]c1ccccc14. The van der Waals surface area contributed by atoms with Crippen LogP contribution in [0.15, 0.2) is 36.4 Å². The first-order valence-corrected chi connectivity index (χ1v) is 8.84. The minimum atomic E-state index is 0.811. The average Bonchev–Trinajstić information content (AvgIpc) is 2.90. The van der Waals surface area contributed by atoms with Gasteiger partial charge in [-0.25, -0.2) is 0 Å². The lowest BCUT2D eigenvalue weighted by atomic mass is 9.64. The van der Waals surface area contributed by atoms with Gasteiger partial charge in [-0.1, -0.05) is 38.0 Å². The van der Waals surface area contributed by atoms with E-state index in [1.54, 1.807) is 11.1 Å². The van der Waals surface area contributed by atoms with Gasteiger partial charge in [0.1, 0.15) is 0 Å². The maximum Gasteiger partial charge on any atom is 0.0467 e. The van der Waals surface area contributed by atoms with Gasteiger partial charge < -0.3 is 4.98 Å². The fourth-order valence-corrected chi connectivity index (χ4v) is 5.20. The first kappa shape index (κ1) is 12.8. The van der Waals surface area contributed by atoms with Crippen molar-refractivity contribution in [1.29, 1.82) is 0 Å². The van der Waals surface area contributed by atoms with Crippen LogP contribution >= 0.6 is 0 Å². The summed E-state index contributed by atoms with van der Waals surface area (Å²) in [7, 11) is 0. The molecular weight excluding hydrogens is 266 g/mol. The monoisotopic (exact) mass is 289 g/mol. The highest BCUT2D eigenvalue weighted by molar-refractivity contribution is 6.07. The third-order valence-corrected chi connectivity index (χ3v) is 6.33. The maximum absolute atomic E-state index is 3.61. The minimum Gasteiger partial charge on any atom is -0.355 e. The largest absolute Gasteiger partial charge is 0.355 e. The van der Waals surface area contributed by atoms with Gasteiger partial charge in [0.25, 0.3) is 0 Å². The molecule has 0 saturated heterocycles. The molecule has 1 heterocycles. The summed E-state index contributed by atoms with van der Waals surface area (Å²) in [5.41, 5.74) is 5.87. The van der Waals surface area contributed by atoms with Gasteiger partial charge in [-0.15, -0.1) is 0 Å². The van der Waals surface area contributed by atoms with Gasteiger partial charge in [0.2, 0.25) is 0 Å². The number of para-hydroxylation sites is 1.